The van der Waals surface area contributed by atoms with Gasteiger partial charge < -0.3 is 5.32 Å². The predicted molar refractivity (Wildman–Crippen MR) is 82.2 cm³/mol. The van der Waals surface area contributed by atoms with Gasteiger partial charge in [-0.25, -0.2) is 0 Å². The number of thioether (sulfide) groups is 1. The zero-order valence-electron chi connectivity index (χ0n) is 11.3. The Hall–Kier alpha value is -0.200. The van der Waals surface area contributed by atoms with E-state index in [1.807, 2.05) is 31.2 Å². The average Bonchev–Trinajstić information content (AvgIpc) is 2.36. The van der Waals surface area contributed by atoms with Crippen molar-refractivity contribution in [3.05, 3.63) is 28.7 Å². The van der Waals surface area contributed by atoms with Crippen LogP contribution in [0.25, 0.3) is 0 Å². The van der Waals surface area contributed by atoms with Gasteiger partial charge in [-0.05, 0) is 43.7 Å². The second-order valence-electron chi connectivity index (χ2n) is 4.53. The number of rotatable bonds is 8. The SMILES string of the molecule is CCNC(CCCC(F)(F)F)CSc1ccc(Br)cc1. The van der Waals surface area contributed by atoms with Crippen molar-refractivity contribution in [1.82, 2.24) is 5.32 Å². The highest BCUT2D eigenvalue weighted by molar-refractivity contribution is 9.10. The fourth-order valence-electron chi connectivity index (χ4n) is 1.81. The number of alkyl halides is 3. The lowest BCUT2D eigenvalue weighted by molar-refractivity contribution is -0.135. The topological polar surface area (TPSA) is 12.0 Å². The first kappa shape index (κ1) is 17.9. The molecule has 0 saturated carbocycles. The monoisotopic (exact) mass is 369 g/mol. The molecule has 1 N–H and O–H groups in total. The number of hydrogen-bond donors (Lipinski definition) is 1. The Bertz CT molecular complexity index is 381. The second kappa shape index (κ2) is 8.95. The van der Waals surface area contributed by atoms with E-state index in [2.05, 4.69) is 21.2 Å². The van der Waals surface area contributed by atoms with Gasteiger partial charge in [0.1, 0.15) is 0 Å². The van der Waals surface area contributed by atoms with Crippen molar-refractivity contribution in [2.45, 2.75) is 43.3 Å². The molecule has 20 heavy (non-hydrogen) atoms. The minimum absolute atomic E-state index is 0.121. The number of nitrogens with one attached hydrogen (secondary N) is 1. The molecule has 0 fully saturated rings. The number of halogens is 4. The first-order valence-corrected chi connectivity index (χ1v) is 8.37. The van der Waals surface area contributed by atoms with Gasteiger partial charge in [-0.3, -0.25) is 0 Å². The Labute approximate surface area is 130 Å². The van der Waals surface area contributed by atoms with Crippen molar-refractivity contribution in [2.24, 2.45) is 0 Å². The summed E-state index contributed by atoms with van der Waals surface area (Å²) >= 11 is 5.05. The maximum absolute atomic E-state index is 12.2. The maximum Gasteiger partial charge on any atom is 0.389 e. The van der Waals surface area contributed by atoms with Gasteiger partial charge in [0.05, 0.1) is 0 Å². The molecule has 1 nitrogen and oxygen atoms in total. The van der Waals surface area contributed by atoms with Gasteiger partial charge in [0.25, 0.3) is 0 Å². The Kier molecular flexibility index (Phi) is 7.99. The second-order valence-corrected chi connectivity index (χ2v) is 6.54. The van der Waals surface area contributed by atoms with Crippen molar-refractivity contribution < 1.29 is 13.2 Å². The van der Waals surface area contributed by atoms with Crippen LogP contribution in [-0.2, 0) is 0 Å². The van der Waals surface area contributed by atoms with Crippen LogP contribution in [0.2, 0.25) is 0 Å². The molecule has 6 heteroatoms. The minimum Gasteiger partial charge on any atom is -0.313 e. The third-order valence-electron chi connectivity index (χ3n) is 2.77. The third-order valence-corrected chi connectivity index (χ3v) is 4.47. The molecule has 0 aliphatic rings. The fourth-order valence-corrected chi connectivity index (χ4v) is 3.08. The van der Waals surface area contributed by atoms with Gasteiger partial charge in [0, 0.05) is 27.6 Å². The van der Waals surface area contributed by atoms with E-state index in [-0.39, 0.29) is 12.5 Å². The van der Waals surface area contributed by atoms with Crippen LogP contribution in [0.1, 0.15) is 26.2 Å². The molecule has 0 aliphatic carbocycles. The van der Waals surface area contributed by atoms with E-state index in [1.54, 1.807) is 11.8 Å². The van der Waals surface area contributed by atoms with Crippen LogP contribution >= 0.6 is 27.7 Å². The van der Waals surface area contributed by atoms with E-state index in [0.717, 1.165) is 21.7 Å². The molecule has 0 spiro atoms. The molecule has 1 aromatic carbocycles. The molecule has 0 aliphatic heterocycles. The van der Waals surface area contributed by atoms with E-state index < -0.39 is 12.6 Å². The van der Waals surface area contributed by atoms with Crippen LogP contribution in [0, 0.1) is 0 Å². The van der Waals surface area contributed by atoms with Crippen molar-refractivity contribution in [3.63, 3.8) is 0 Å². The van der Waals surface area contributed by atoms with Crippen LogP contribution in [-0.4, -0.2) is 24.5 Å². The molecule has 0 radical (unpaired) electrons. The fraction of sp³-hybridized carbons (Fsp3) is 0.571. The lowest BCUT2D eigenvalue weighted by Gasteiger charge is -2.18. The molecular weight excluding hydrogens is 351 g/mol. The maximum atomic E-state index is 12.2. The van der Waals surface area contributed by atoms with Crippen molar-refractivity contribution >= 4 is 27.7 Å². The standard InChI is InChI=1S/C14H19BrF3NS/c1-2-19-12(4-3-9-14(16,17)18)10-20-13-7-5-11(15)6-8-13/h5-8,12,19H,2-4,9-10H2,1H3. The van der Waals surface area contributed by atoms with Crippen LogP contribution in [0.4, 0.5) is 13.2 Å². The van der Waals surface area contributed by atoms with Gasteiger partial charge in [-0.2, -0.15) is 13.2 Å². The molecule has 0 bridgehead atoms. The molecule has 0 amide bonds. The largest absolute Gasteiger partial charge is 0.389 e. The van der Waals surface area contributed by atoms with E-state index in [0.29, 0.717) is 6.42 Å². The normalized spacial score (nSPS) is 13.4. The van der Waals surface area contributed by atoms with Gasteiger partial charge >= 0.3 is 6.18 Å². The first-order chi connectivity index (χ1) is 9.40. The molecule has 1 unspecified atom stereocenters. The lowest BCUT2D eigenvalue weighted by atomic mass is 10.1. The van der Waals surface area contributed by atoms with Gasteiger partial charge in [0.2, 0.25) is 0 Å². The summed E-state index contributed by atoms with van der Waals surface area (Å²) in [6.45, 7) is 2.75. The van der Waals surface area contributed by atoms with Gasteiger partial charge in [-0.15, -0.1) is 11.8 Å². The predicted octanol–water partition coefficient (Wildman–Crippen LogP) is 5.25. The van der Waals surface area contributed by atoms with Crippen molar-refractivity contribution in [1.29, 1.82) is 0 Å². The Morgan fingerprint density at radius 3 is 2.45 bits per heavy atom. The molecule has 0 heterocycles. The Morgan fingerprint density at radius 2 is 1.90 bits per heavy atom. The van der Waals surface area contributed by atoms with E-state index >= 15 is 0 Å². The molecule has 1 rings (SSSR count). The summed E-state index contributed by atoms with van der Waals surface area (Å²) in [6, 6.07) is 8.07. The van der Waals surface area contributed by atoms with Crippen LogP contribution in [0.15, 0.2) is 33.6 Å². The van der Waals surface area contributed by atoms with Gasteiger partial charge in [-0.1, -0.05) is 22.9 Å². The molecule has 1 atom stereocenters. The number of benzene rings is 1. The van der Waals surface area contributed by atoms with Gasteiger partial charge in [0.15, 0.2) is 0 Å². The Balaban J connectivity index is 2.36. The van der Waals surface area contributed by atoms with Crippen LogP contribution < -0.4 is 5.32 Å². The highest BCUT2D eigenvalue weighted by atomic mass is 79.9. The quantitative estimate of drug-likeness (QED) is 0.627. The summed E-state index contributed by atoms with van der Waals surface area (Å²) in [5, 5.41) is 3.25. The van der Waals surface area contributed by atoms with Crippen LogP contribution in [0.3, 0.4) is 0 Å². The summed E-state index contributed by atoms with van der Waals surface area (Å²) in [6.07, 6.45) is -4.01. The smallest absolute Gasteiger partial charge is 0.313 e. The third kappa shape index (κ3) is 8.17. The zero-order chi connectivity index (χ0) is 15.0. The molecular formula is C14H19BrF3NS. The highest BCUT2D eigenvalue weighted by Crippen LogP contribution is 2.25. The molecule has 0 saturated heterocycles. The summed E-state index contributed by atoms with van der Waals surface area (Å²) < 4.78 is 37.5. The van der Waals surface area contributed by atoms with E-state index in [4.69, 9.17) is 0 Å². The van der Waals surface area contributed by atoms with Crippen LogP contribution in [0.5, 0.6) is 0 Å². The number of hydrogen-bond acceptors (Lipinski definition) is 2. The summed E-state index contributed by atoms with van der Waals surface area (Å²) in [4.78, 5) is 1.13. The zero-order valence-corrected chi connectivity index (χ0v) is 13.7. The highest BCUT2D eigenvalue weighted by Gasteiger charge is 2.26. The molecule has 114 valence electrons. The van der Waals surface area contributed by atoms with E-state index in [9.17, 15) is 13.2 Å². The van der Waals surface area contributed by atoms with Crippen molar-refractivity contribution in [3.8, 4) is 0 Å². The molecule has 0 aromatic heterocycles. The summed E-state index contributed by atoms with van der Waals surface area (Å²) in [5.74, 6) is 0.785. The summed E-state index contributed by atoms with van der Waals surface area (Å²) in [7, 11) is 0. The summed E-state index contributed by atoms with van der Waals surface area (Å²) in [5.41, 5.74) is 0. The Morgan fingerprint density at radius 1 is 1.25 bits per heavy atom. The van der Waals surface area contributed by atoms with Crippen molar-refractivity contribution in [2.75, 3.05) is 12.3 Å². The minimum atomic E-state index is -4.05. The molecule has 1 aromatic rings. The lowest BCUT2D eigenvalue weighted by Crippen LogP contribution is -2.31. The van der Waals surface area contributed by atoms with E-state index in [1.165, 1.54) is 0 Å². The average molecular weight is 370 g/mol. The first-order valence-electron chi connectivity index (χ1n) is 6.59.